The van der Waals surface area contributed by atoms with E-state index in [1.807, 2.05) is 42.5 Å². The highest BCUT2D eigenvalue weighted by Crippen LogP contribution is 2.15. The molecule has 0 atom stereocenters. The molecule has 0 heterocycles. The summed E-state index contributed by atoms with van der Waals surface area (Å²) in [6.45, 7) is 2.99. The molecule has 0 aliphatic rings. The highest BCUT2D eigenvalue weighted by atomic mass is 16.5. The largest absolute Gasteiger partial charge is 0.494 e. The molecule has 0 saturated heterocycles. The maximum Gasteiger partial charge on any atom is 0.278 e. The molecule has 0 fully saturated rings. The number of rotatable bonds is 18. The van der Waals surface area contributed by atoms with Crippen molar-refractivity contribution in [1.82, 2.24) is 0 Å². The number of hydrogen-bond acceptors (Lipinski definition) is 2. The van der Waals surface area contributed by atoms with Crippen LogP contribution in [0, 0.1) is 0 Å². The van der Waals surface area contributed by atoms with Crippen LogP contribution in [0.25, 0.3) is 0 Å². The summed E-state index contributed by atoms with van der Waals surface area (Å²) in [6.07, 6.45) is 18.9. The summed E-state index contributed by atoms with van der Waals surface area (Å²) in [4.78, 5) is 16.3. The minimum absolute atomic E-state index is 0.226. The van der Waals surface area contributed by atoms with Crippen molar-refractivity contribution < 1.29 is 9.53 Å². The van der Waals surface area contributed by atoms with Crippen molar-refractivity contribution in [3.8, 4) is 5.75 Å². The first-order valence-corrected chi connectivity index (χ1v) is 13.4. The van der Waals surface area contributed by atoms with Gasteiger partial charge in [-0.25, -0.2) is 0 Å². The molecule has 2 aromatic carbocycles. The Hall–Kier alpha value is -2.62. The van der Waals surface area contributed by atoms with Crippen LogP contribution in [-0.4, -0.2) is 18.3 Å². The average Bonchev–Trinajstić information content (AvgIpc) is 2.87. The standard InChI is InChI=1S/C30H44N2O2/c1-2-3-4-5-6-7-8-9-10-11-12-13-14-18-25-34-28-23-21-27(22-24-28)30(33)32-29(31)26-19-16-15-17-20-26/h15-17,19-24H,2-14,18,25H2,1H3,(H2,31,32,33). The van der Waals surface area contributed by atoms with E-state index in [4.69, 9.17) is 10.5 Å². The van der Waals surface area contributed by atoms with Crippen molar-refractivity contribution in [2.75, 3.05) is 6.61 Å². The molecule has 0 aliphatic heterocycles. The molecular formula is C30H44N2O2. The first kappa shape index (κ1) is 27.6. The lowest BCUT2D eigenvalue weighted by atomic mass is 10.0. The van der Waals surface area contributed by atoms with Gasteiger partial charge in [-0.15, -0.1) is 0 Å². The third-order valence-corrected chi connectivity index (χ3v) is 6.16. The lowest BCUT2D eigenvalue weighted by Crippen LogP contribution is -2.15. The molecule has 2 rings (SSSR count). The Bertz CT molecular complexity index is 815. The number of unbranched alkanes of at least 4 members (excludes halogenated alkanes) is 13. The van der Waals surface area contributed by atoms with Crippen LogP contribution >= 0.6 is 0 Å². The zero-order valence-corrected chi connectivity index (χ0v) is 21.1. The quantitative estimate of drug-likeness (QED) is 0.138. The van der Waals surface area contributed by atoms with E-state index < -0.39 is 0 Å². The van der Waals surface area contributed by atoms with Crippen molar-refractivity contribution >= 4 is 11.7 Å². The number of benzene rings is 2. The van der Waals surface area contributed by atoms with Crippen molar-refractivity contribution in [3.05, 3.63) is 65.7 Å². The Morgan fingerprint density at radius 1 is 0.676 bits per heavy atom. The van der Waals surface area contributed by atoms with Gasteiger partial charge in [0, 0.05) is 11.1 Å². The Morgan fingerprint density at radius 2 is 1.18 bits per heavy atom. The summed E-state index contributed by atoms with van der Waals surface area (Å²) in [6, 6.07) is 16.4. The highest BCUT2D eigenvalue weighted by Gasteiger charge is 2.07. The van der Waals surface area contributed by atoms with Crippen LogP contribution < -0.4 is 10.5 Å². The van der Waals surface area contributed by atoms with Crippen molar-refractivity contribution in [2.45, 2.75) is 96.8 Å². The normalized spacial score (nSPS) is 11.5. The van der Waals surface area contributed by atoms with Gasteiger partial charge in [-0.2, -0.15) is 4.99 Å². The van der Waals surface area contributed by atoms with Gasteiger partial charge in [0.2, 0.25) is 0 Å². The fraction of sp³-hybridized carbons (Fsp3) is 0.533. The van der Waals surface area contributed by atoms with Gasteiger partial charge in [0.25, 0.3) is 5.91 Å². The number of ether oxygens (including phenoxy) is 1. The minimum atomic E-state index is -0.347. The van der Waals surface area contributed by atoms with E-state index in [2.05, 4.69) is 11.9 Å². The Labute approximate surface area is 207 Å². The molecule has 0 spiro atoms. The zero-order chi connectivity index (χ0) is 24.3. The fourth-order valence-corrected chi connectivity index (χ4v) is 4.03. The van der Waals surface area contributed by atoms with Crippen LogP contribution in [0.15, 0.2) is 59.6 Å². The number of carbonyl (C=O) groups excluding carboxylic acids is 1. The first-order chi connectivity index (χ1) is 16.7. The predicted octanol–water partition coefficient (Wildman–Crippen LogP) is 8.09. The molecule has 4 heteroatoms. The highest BCUT2D eigenvalue weighted by molar-refractivity contribution is 6.08. The van der Waals surface area contributed by atoms with Crippen molar-refractivity contribution in [1.29, 1.82) is 0 Å². The van der Waals surface area contributed by atoms with Gasteiger partial charge in [-0.3, -0.25) is 4.79 Å². The molecule has 2 aromatic rings. The van der Waals surface area contributed by atoms with Gasteiger partial charge in [-0.05, 0) is 30.7 Å². The van der Waals surface area contributed by atoms with Crippen molar-refractivity contribution in [3.63, 3.8) is 0 Å². The van der Waals surface area contributed by atoms with Crippen LogP contribution in [0.3, 0.4) is 0 Å². The number of carbonyl (C=O) groups is 1. The Kier molecular flexibility index (Phi) is 14.5. The van der Waals surface area contributed by atoms with E-state index in [1.165, 1.54) is 83.5 Å². The van der Waals surface area contributed by atoms with Gasteiger partial charge in [0.1, 0.15) is 11.6 Å². The molecular weight excluding hydrogens is 420 g/mol. The van der Waals surface area contributed by atoms with E-state index >= 15 is 0 Å². The van der Waals surface area contributed by atoms with Crippen LogP contribution in [-0.2, 0) is 0 Å². The molecule has 0 bridgehead atoms. The Balaban J connectivity index is 1.49. The van der Waals surface area contributed by atoms with E-state index in [0.717, 1.165) is 17.7 Å². The third kappa shape index (κ3) is 12.0. The maximum absolute atomic E-state index is 12.3. The second-order valence-corrected chi connectivity index (χ2v) is 9.14. The van der Waals surface area contributed by atoms with E-state index in [1.54, 1.807) is 12.1 Å². The molecule has 0 unspecified atom stereocenters. The molecule has 186 valence electrons. The molecule has 2 N–H and O–H groups in total. The third-order valence-electron chi connectivity index (χ3n) is 6.16. The second kappa shape index (κ2) is 17.8. The number of aliphatic imine (C=N–C) groups is 1. The maximum atomic E-state index is 12.3. The van der Waals surface area contributed by atoms with E-state index in [9.17, 15) is 4.79 Å². The number of nitrogens with two attached hydrogens (primary N) is 1. The smallest absolute Gasteiger partial charge is 0.278 e. The van der Waals surface area contributed by atoms with Crippen LogP contribution in [0.1, 0.15) is 113 Å². The van der Waals surface area contributed by atoms with Crippen molar-refractivity contribution in [2.24, 2.45) is 10.7 Å². The predicted molar refractivity (Wildman–Crippen MR) is 144 cm³/mol. The summed E-state index contributed by atoms with van der Waals surface area (Å²) in [5, 5.41) is 0. The van der Waals surface area contributed by atoms with Gasteiger partial charge >= 0.3 is 0 Å². The summed E-state index contributed by atoms with van der Waals surface area (Å²) < 4.78 is 5.83. The molecule has 0 radical (unpaired) electrons. The lowest BCUT2D eigenvalue weighted by Gasteiger charge is -2.07. The SMILES string of the molecule is CCCCCCCCCCCCCCCCOc1ccc(C(=O)N=C(N)c2ccccc2)cc1. The molecule has 1 amide bonds. The fourth-order valence-electron chi connectivity index (χ4n) is 4.03. The minimum Gasteiger partial charge on any atom is -0.494 e. The monoisotopic (exact) mass is 464 g/mol. The molecule has 0 aromatic heterocycles. The average molecular weight is 465 g/mol. The summed E-state index contributed by atoms with van der Waals surface area (Å²) in [5.41, 5.74) is 7.18. The van der Waals surface area contributed by atoms with E-state index in [0.29, 0.717) is 12.2 Å². The summed E-state index contributed by atoms with van der Waals surface area (Å²) in [7, 11) is 0. The summed E-state index contributed by atoms with van der Waals surface area (Å²) in [5.74, 6) is 0.662. The van der Waals surface area contributed by atoms with Crippen LogP contribution in [0.4, 0.5) is 0 Å². The first-order valence-electron chi connectivity index (χ1n) is 13.4. The Morgan fingerprint density at radius 3 is 1.71 bits per heavy atom. The lowest BCUT2D eigenvalue weighted by molar-refractivity contribution is 0.100. The molecule has 34 heavy (non-hydrogen) atoms. The van der Waals surface area contributed by atoms with Gasteiger partial charge < -0.3 is 10.5 Å². The van der Waals surface area contributed by atoms with Gasteiger partial charge in [-0.1, -0.05) is 121 Å². The van der Waals surface area contributed by atoms with Crippen LogP contribution in [0.5, 0.6) is 5.75 Å². The molecule has 0 saturated carbocycles. The molecule has 4 nitrogen and oxygen atoms in total. The second-order valence-electron chi connectivity index (χ2n) is 9.14. The van der Waals surface area contributed by atoms with Gasteiger partial charge in [0.15, 0.2) is 0 Å². The number of amides is 1. The van der Waals surface area contributed by atoms with Gasteiger partial charge in [0.05, 0.1) is 6.61 Å². The number of nitrogens with zero attached hydrogens (tertiary/aromatic N) is 1. The summed E-state index contributed by atoms with van der Waals surface area (Å²) >= 11 is 0. The molecule has 0 aliphatic carbocycles. The van der Waals surface area contributed by atoms with Crippen LogP contribution in [0.2, 0.25) is 0 Å². The topological polar surface area (TPSA) is 64.7 Å². The zero-order valence-electron chi connectivity index (χ0n) is 21.1. The van der Waals surface area contributed by atoms with E-state index in [-0.39, 0.29) is 11.7 Å². The number of amidine groups is 1. The number of hydrogen-bond donors (Lipinski definition) is 1.